The second kappa shape index (κ2) is 10.1. The lowest BCUT2D eigenvalue weighted by Crippen LogP contribution is -2.64. The molecule has 30 heavy (non-hydrogen) atoms. The van der Waals surface area contributed by atoms with Crippen molar-refractivity contribution in [2.75, 3.05) is 32.7 Å². The number of amides is 1. The molecule has 2 aliphatic rings. The van der Waals surface area contributed by atoms with Crippen LogP contribution in [0.1, 0.15) is 47.0 Å². The molecule has 2 unspecified atom stereocenters. The molecule has 172 valence electrons. The molecule has 0 aromatic rings. The van der Waals surface area contributed by atoms with Crippen LogP contribution >= 0.6 is 0 Å². The Kier molecular flexibility index (Phi) is 8.29. The molecule has 2 aliphatic heterocycles. The molecule has 2 heterocycles. The van der Waals surface area contributed by atoms with E-state index < -0.39 is 47.9 Å². The maximum Gasteiger partial charge on any atom is 0.313 e. The van der Waals surface area contributed by atoms with Crippen molar-refractivity contribution in [2.45, 2.75) is 65.1 Å². The number of ketones is 1. The topological polar surface area (TPSA) is 97.0 Å². The third-order valence-electron chi connectivity index (χ3n) is 5.43. The predicted molar refractivity (Wildman–Crippen MR) is 105 cm³/mol. The highest BCUT2D eigenvalue weighted by molar-refractivity contribution is 5.91. The molecule has 0 aromatic carbocycles. The lowest BCUT2D eigenvalue weighted by atomic mass is 9.65. The van der Waals surface area contributed by atoms with Gasteiger partial charge in [-0.1, -0.05) is 6.92 Å². The number of hydrogen-bond donors (Lipinski definition) is 2. The Bertz CT molecular complexity index is 632. The molecular weight excluding hydrogens is 400 g/mol. The number of carbonyl (C=O) groups is 3. The molecule has 0 aliphatic carbocycles. The third-order valence-corrected chi connectivity index (χ3v) is 5.43. The lowest BCUT2D eigenvalue weighted by molar-refractivity contribution is -0.283. The first kappa shape index (κ1) is 24.6. The van der Waals surface area contributed by atoms with Gasteiger partial charge in [0.05, 0.1) is 13.1 Å². The molecule has 2 fully saturated rings. The van der Waals surface area contributed by atoms with Crippen LogP contribution < -0.4 is 10.6 Å². The summed E-state index contributed by atoms with van der Waals surface area (Å²) in [5, 5.41) is 6.79. The van der Waals surface area contributed by atoms with Crippen LogP contribution in [0.5, 0.6) is 0 Å². The maximum atomic E-state index is 13.2. The highest BCUT2D eigenvalue weighted by atomic mass is 19.3. The van der Waals surface area contributed by atoms with Gasteiger partial charge in [0.1, 0.15) is 11.5 Å². The monoisotopic (exact) mass is 433 g/mol. The van der Waals surface area contributed by atoms with Crippen LogP contribution in [0, 0.1) is 11.3 Å². The molecule has 2 atom stereocenters. The van der Waals surface area contributed by atoms with Gasteiger partial charge in [0.2, 0.25) is 0 Å². The molecule has 0 saturated carbocycles. The van der Waals surface area contributed by atoms with Gasteiger partial charge in [-0.25, -0.2) is 8.78 Å². The summed E-state index contributed by atoms with van der Waals surface area (Å²) < 4.78 is 31.8. The summed E-state index contributed by atoms with van der Waals surface area (Å²) in [6.45, 7) is 7.23. The number of piperidine rings is 1. The number of esters is 1. The van der Waals surface area contributed by atoms with Gasteiger partial charge >= 0.3 is 5.97 Å². The van der Waals surface area contributed by atoms with E-state index in [0.717, 1.165) is 5.06 Å². The van der Waals surface area contributed by atoms with Crippen molar-refractivity contribution in [3.63, 3.8) is 0 Å². The quantitative estimate of drug-likeness (QED) is 0.584. The average molecular weight is 433 g/mol. The molecule has 2 rings (SSSR count). The minimum atomic E-state index is -2.66. The van der Waals surface area contributed by atoms with E-state index in [1.165, 1.54) is 0 Å². The molecule has 0 aromatic heterocycles. The number of Topliss-reactive ketones (excluding diaryl/α,β-unsaturated/α-hetero) is 1. The number of ether oxygens (including phenoxy) is 1. The van der Waals surface area contributed by atoms with Gasteiger partial charge in [0.25, 0.3) is 12.3 Å². The number of nitrogens with one attached hydrogen (secondary N) is 2. The van der Waals surface area contributed by atoms with Gasteiger partial charge in [-0.3, -0.25) is 19.2 Å². The van der Waals surface area contributed by atoms with E-state index in [2.05, 4.69) is 10.6 Å². The van der Waals surface area contributed by atoms with Crippen molar-refractivity contribution in [3.05, 3.63) is 0 Å². The summed E-state index contributed by atoms with van der Waals surface area (Å²) in [5.74, 6) is -2.42. The summed E-state index contributed by atoms with van der Waals surface area (Å²) in [4.78, 5) is 43.4. The zero-order valence-electron chi connectivity index (χ0n) is 18.1. The van der Waals surface area contributed by atoms with Crippen molar-refractivity contribution in [2.24, 2.45) is 11.3 Å². The molecule has 2 N–H and O–H groups in total. The van der Waals surface area contributed by atoms with Crippen LogP contribution in [0.25, 0.3) is 0 Å². The van der Waals surface area contributed by atoms with Crippen molar-refractivity contribution in [1.82, 2.24) is 15.7 Å². The summed E-state index contributed by atoms with van der Waals surface area (Å²) >= 11 is 0. The van der Waals surface area contributed by atoms with Crippen LogP contribution in [0.15, 0.2) is 0 Å². The van der Waals surface area contributed by atoms with Gasteiger partial charge in [-0.15, -0.1) is 0 Å². The molecule has 2 saturated heterocycles. The summed E-state index contributed by atoms with van der Waals surface area (Å²) in [7, 11) is 0. The fourth-order valence-electron chi connectivity index (χ4n) is 4.03. The molecule has 8 nitrogen and oxygen atoms in total. The van der Waals surface area contributed by atoms with E-state index in [1.807, 2.05) is 0 Å². The smallest absolute Gasteiger partial charge is 0.313 e. The zero-order chi connectivity index (χ0) is 22.5. The normalized spacial score (nSPS) is 24.6. The second-order valence-electron chi connectivity index (χ2n) is 8.97. The van der Waals surface area contributed by atoms with Crippen LogP contribution in [0.2, 0.25) is 0 Å². The van der Waals surface area contributed by atoms with Crippen molar-refractivity contribution in [3.8, 4) is 0 Å². The van der Waals surface area contributed by atoms with E-state index >= 15 is 0 Å². The van der Waals surface area contributed by atoms with Gasteiger partial charge in [0, 0.05) is 18.4 Å². The first-order chi connectivity index (χ1) is 14.0. The Morgan fingerprint density at radius 3 is 2.43 bits per heavy atom. The molecule has 0 radical (unpaired) electrons. The molecular formula is C20H33F2N3O5. The standard InChI is InChI=1S/C20H33F2N3O5/c1-5-13(26)10-24-17(27)16-15(18(28)29-19(2,3)4)20(6-8-23-9-7-20)12-25(30-16)11-14(21)22/h14-16,23H,5-12H2,1-4H3,(H,24,27). The van der Waals surface area contributed by atoms with Gasteiger partial charge in [-0.2, -0.15) is 5.06 Å². The predicted octanol–water partition coefficient (Wildman–Crippen LogP) is 1.29. The Hall–Kier alpha value is -1.65. The SMILES string of the molecule is CCC(=O)CNC(=O)C1ON(CC(F)F)CC2(CCNCC2)C1C(=O)OC(C)(C)C. The summed E-state index contributed by atoms with van der Waals surface area (Å²) in [6, 6.07) is 0. The minimum Gasteiger partial charge on any atom is -0.460 e. The Balaban J connectivity index is 2.37. The number of carbonyl (C=O) groups excluding carboxylic acids is 3. The van der Waals surface area contributed by atoms with Crippen LogP contribution in [0.4, 0.5) is 8.78 Å². The number of nitrogens with zero attached hydrogens (tertiary/aromatic N) is 1. The fraction of sp³-hybridized carbons (Fsp3) is 0.850. The Morgan fingerprint density at radius 2 is 1.90 bits per heavy atom. The molecule has 10 heteroatoms. The minimum absolute atomic E-state index is 0.0978. The molecule has 1 spiro atoms. The number of hydrogen-bond acceptors (Lipinski definition) is 7. The summed E-state index contributed by atoms with van der Waals surface area (Å²) in [5.41, 5.74) is -1.54. The number of alkyl halides is 2. The van der Waals surface area contributed by atoms with Crippen molar-refractivity contribution in [1.29, 1.82) is 0 Å². The van der Waals surface area contributed by atoms with E-state index in [1.54, 1.807) is 27.7 Å². The van der Waals surface area contributed by atoms with E-state index in [9.17, 15) is 23.2 Å². The first-order valence-corrected chi connectivity index (χ1v) is 10.4. The van der Waals surface area contributed by atoms with Crippen LogP contribution in [0.3, 0.4) is 0 Å². The fourth-order valence-corrected chi connectivity index (χ4v) is 4.03. The maximum absolute atomic E-state index is 13.2. The number of rotatable bonds is 7. The first-order valence-electron chi connectivity index (χ1n) is 10.4. The average Bonchev–Trinajstić information content (AvgIpc) is 2.63. The largest absolute Gasteiger partial charge is 0.460 e. The second-order valence-corrected chi connectivity index (χ2v) is 8.97. The van der Waals surface area contributed by atoms with Crippen LogP contribution in [-0.4, -0.2) is 73.6 Å². The molecule has 0 bridgehead atoms. The van der Waals surface area contributed by atoms with E-state index in [-0.39, 0.29) is 25.3 Å². The molecule has 1 amide bonds. The third kappa shape index (κ3) is 6.42. The van der Waals surface area contributed by atoms with Gasteiger partial charge in [-0.05, 0) is 46.7 Å². The van der Waals surface area contributed by atoms with Gasteiger partial charge < -0.3 is 15.4 Å². The van der Waals surface area contributed by atoms with E-state index in [4.69, 9.17) is 9.57 Å². The van der Waals surface area contributed by atoms with Crippen LogP contribution in [-0.2, 0) is 24.0 Å². The Labute approximate surface area is 176 Å². The highest BCUT2D eigenvalue weighted by Gasteiger charge is 2.56. The van der Waals surface area contributed by atoms with Gasteiger partial charge in [0.15, 0.2) is 11.9 Å². The van der Waals surface area contributed by atoms with Crippen molar-refractivity contribution >= 4 is 17.7 Å². The zero-order valence-corrected chi connectivity index (χ0v) is 18.1. The number of halogens is 2. The number of hydroxylamine groups is 2. The highest BCUT2D eigenvalue weighted by Crippen LogP contribution is 2.45. The summed E-state index contributed by atoms with van der Waals surface area (Å²) in [6.07, 6.45) is -2.74. The Morgan fingerprint density at radius 1 is 1.27 bits per heavy atom. The lowest BCUT2D eigenvalue weighted by Gasteiger charge is -2.51. The van der Waals surface area contributed by atoms with Crippen molar-refractivity contribution < 1.29 is 32.7 Å². The van der Waals surface area contributed by atoms with E-state index in [0.29, 0.717) is 25.9 Å².